The summed E-state index contributed by atoms with van der Waals surface area (Å²) in [7, 11) is 6.27. The molecule has 0 spiro atoms. The van der Waals surface area contributed by atoms with E-state index < -0.39 is 11.9 Å². The quantitative estimate of drug-likeness (QED) is 0.0497. The van der Waals surface area contributed by atoms with Gasteiger partial charge < -0.3 is 54.9 Å². The van der Waals surface area contributed by atoms with Gasteiger partial charge in [-0.05, 0) is 56.7 Å². The number of anilines is 1. The lowest BCUT2D eigenvalue weighted by molar-refractivity contribution is 0.0490. The zero-order chi connectivity index (χ0) is 37.8. The van der Waals surface area contributed by atoms with Crippen LogP contribution in [0.15, 0.2) is 58.7 Å². The normalized spacial score (nSPS) is 11.1. The number of carbonyl (C=O) groups is 2. The molecule has 4 aromatic rings. The number of oxazole rings is 1. The molecule has 0 saturated heterocycles. The highest BCUT2D eigenvalue weighted by Gasteiger charge is 2.30. The number of allylic oxidation sites excluding steroid dienone is 1. The van der Waals surface area contributed by atoms with Crippen molar-refractivity contribution in [1.82, 2.24) is 20.6 Å². The highest BCUT2D eigenvalue weighted by molar-refractivity contribution is 6.03. The molecule has 2 heterocycles. The minimum Gasteiger partial charge on any atom is -0.497 e. The standard InChI is InChI=1S/C37H43N7O8/c1-8-41-32(33(21(3)39)51-20-22-10-13-24(47-5)14-11-22)36-44-31(34(52-36)37(46)50-9-2)30-26(18-38)27(40-4)17-28(43-30)35(45)42-19-23-12-15-25(48-6)16-29(23)49-7/h10-18,38-39,41H,8-9,19-20H2,1-7H3,(H,40,43)(H,42,45)/b33-32+,38-18?,39-21?. The van der Waals surface area contributed by atoms with Gasteiger partial charge in [-0.2, -0.15) is 0 Å². The van der Waals surface area contributed by atoms with Gasteiger partial charge >= 0.3 is 5.97 Å². The van der Waals surface area contributed by atoms with Gasteiger partial charge in [-0.3, -0.25) is 4.79 Å². The molecule has 2 aromatic carbocycles. The van der Waals surface area contributed by atoms with Gasteiger partial charge in [-0.25, -0.2) is 14.8 Å². The second kappa shape index (κ2) is 18.0. The van der Waals surface area contributed by atoms with E-state index in [2.05, 4.69) is 25.9 Å². The number of benzene rings is 2. The largest absolute Gasteiger partial charge is 0.497 e. The Balaban J connectivity index is 1.82. The third-order valence-corrected chi connectivity index (χ3v) is 7.63. The lowest BCUT2D eigenvalue weighted by Crippen LogP contribution is -2.25. The summed E-state index contributed by atoms with van der Waals surface area (Å²) >= 11 is 0. The molecule has 15 nitrogen and oxygen atoms in total. The van der Waals surface area contributed by atoms with Gasteiger partial charge in [0.15, 0.2) is 5.76 Å². The molecule has 0 aliphatic heterocycles. The predicted octanol–water partition coefficient (Wildman–Crippen LogP) is 5.44. The molecule has 5 N–H and O–H groups in total. The molecule has 0 atom stereocenters. The number of nitrogens with zero attached hydrogens (tertiary/aromatic N) is 2. The van der Waals surface area contributed by atoms with Crippen molar-refractivity contribution in [3.05, 3.63) is 88.3 Å². The topological polar surface area (TPSA) is 203 Å². The molecule has 0 unspecified atom stereocenters. The molecule has 52 heavy (non-hydrogen) atoms. The first kappa shape index (κ1) is 38.4. The van der Waals surface area contributed by atoms with E-state index in [9.17, 15) is 9.59 Å². The molecular weight excluding hydrogens is 670 g/mol. The lowest BCUT2D eigenvalue weighted by Gasteiger charge is -2.15. The summed E-state index contributed by atoms with van der Waals surface area (Å²) in [5.41, 5.74) is 2.27. The third-order valence-electron chi connectivity index (χ3n) is 7.63. The van der Waals surface area contributed by atoms with E-state index in [-0.39, 0.29) is 71.2 Å². The van der Waals surface area contributed by atoms with Crippen LogP contribution in [0, 0.1) is 10.8 Å². The highest BCUT2D eigenvalue weighted by Crippen LogP contribution is 2.33. The summed E-state index contributed by atoms with van der Waals surface area (Å²) in [6.45, 7) is 5.66. The molecule has 0 bridgehead atoms. The van der Waals surface area contributed by atoms with E-state index in [0.717, 1.165) is 11.8 Å². The summed E-state index contributed by atoms with van der Waals surface area (Å²) in [6.07, 6.45) is 1.04. The second-order valence-corrected chi connectivity index (χ2v) is 11.0. The number of carbonyl (C=O) groups excluding carboxylic acids is 2. The zero-order valence-corrected chi connectivity index (χ0v) is 30.2. The molecule has 1 amide bonds. The average molecular weight is 714 g/mol. The van der Waals surface area contributed by atoms with Gasteiger partial charge in [-0.15, -0.1) is 0 Å². The summed E-state index contributed by atoms with van der Waals surface area (Å²) in [5, 5.41) is 25.8. The van der Waals surface area contributed by atoms with Crippen LogP contribution in [0.3, 0.4) is 0 Å². The van der Waals surface area contributed by atoms with Crippen molar-refractivity contribution in [2.45, 2.75) is 33.9 Å². The van der Waals surface area contributed by atoms with Crippen LogP contribution in [0.2, 0.25) is 0 Å². The first-order chi connectivity index (χ1) is 25.1. The number of aromatic nitrogens is 2. The zero-order valence-electron chi connectivity index (χ0n) is 30.2. The SMILES string of the molecule is CCN/C(=C(/OCc1ccc(OC)cc1)C(C)=N)c1nc(-c2nc(C(=O)NCc3ccc(OC)cc3OC)cc(NC)c2C=N)c(C(=O)OCC)o1. The van der Waals surface area contributed by atoms with Gasteiger partial charge in [0.1, 0.15) is 46.6 Å². The Hall–Kier alpha value is -6.38. The molecule has 274 valence electrons. The molecule has 0 aliphatic carbocycles. The number of rotatable bonds is 18. The van der Waals surface area contributed by atoms with Gasteiger partial charge in [0.2, 0.25) is 11.7 Å². The Bertz CT molecular complexity index is 1950. The van der Waals surface area contributed by atoms with Crippen LogP contribution in [-0.2, 0) is 22.6 Å². The number of hydrogen-bond acceptors (Lipinski definition) is 14. The molecule has 4 rings (SSSR count). The molecule has 2 aromatic heterocycles. The van der Waals surface area contributed by atoms with Crippen LogP contribution in [0.25, 0.3) is 17.1 Å². The van der Waals surface area contributed by atoms with E-state index in [1.165, 1.54) is 13.2 Å². The summed E-state index contributed by atoms with van der Waals surface area (Å²) < 4.78 is 33.5. The van der Waals surface area contributed by atoms with Crippen molar-refractivity contribution >= 4 is 35.2 Å². The fourth-order valence-electron chi connectivity index (χ4n) is 5.07. The molecule has 0 saturated carbocycles. The van der Waals surface area contributed by atoms with Gasteiger partial charge in [0, 0.05) is 49.2 Å². The predicted molar refractivity (Wildman–Crippen MR) is 196 cm³/mol. The van der Waals surface area contributed by atoms with Crippen molar-refractivity contribution in [1.29, 1.82) is 10.8 Å². The number of pyridine rings is 1. The number of esters is 1. The highest BCUT2D eigenvalue weighted by atomic mass is 16.5. The van der Waals surface area contributed by atoms with Crippen molar-refractivity contribution in [3.8, 4) is 28.6 Å². The average Bonchev–Trinajstić information content (AvgIpc) is 3.61. The first-order valence-electron chi connectivity index (χ1n) is 16.3. The van der Waals surface area contributed by atoms with Crippen molar-refractivity contribution < 1.29 is 37.7 Å². The van der Waals surface area contributed by atoms with Crippen LogP contribution < -0.4 is 30.2 Å². The minimum absolute atomic E-state index is 0.00945. The molecule has 0 aliphatic rings. The first-order valence-corrected chi connectivity index (χ1v) is 16.3. The molecule has 0 radical (unpaired) electrons. The molecular formula is C37H43N7O8. The summed E-state index contributed by atoms with van der Waals surface area (Å²) in [4.78, 5) is 36.2. The Labute approximate surface area is 301 Å². The summed E-state index contributed by atoms with van der Waals surface area (Å²) in [5.74, 6) is 0.133. The van der Waals surface area contributed by atoms with Crippen LogP contribution in [0.4, 0.5) is 5.69 Å². The fraction of sp³-hybridized carbons (Fsp3) is 0.297. The maximum atomic E-state index is 13.6. The van der Waals surface area contributed by atoms with Crippen LogP contribution in [-0.4, -0.2) is 75.3 Å². The number of hydrogen-bond donors (Lipinski definition) is 5. The Morgan fingerprint density at radius 2 is 1.62 bits per heavy atom. The van der Waals surface area contributed by atoms with Gasteiger partial charge in [0.25, 0.3) is 5.91 Å². The molecule has 0 fully saturated rings. The maximum absolute atomic E-state index is 13.6. The van der Waals surface area contributed by atoms with E-state index >= 15 is 0 Å². The number of amides is 1. The summed E-state index contributed by atoms with van der Waals surface area (Å²) in [6, 6.07) is 14.0. The van der Waals surface area contributed by atoms with Crippen molar-refractivity contribution in [3.63, 3.8) is 0 Å². The van der Waals surface area contributed by atoms with Crippen LogP contribution >= 0.6 is 0 Å². The second-order valence-electron chi connectivity index (χ2n) is 11.0. The van der Waals surface area contributed by atoms with E-state index in [4.69, 9.17) is 38.9 Å². The van der Waals surface area contributed by atoms with Crippen LogP contribution in [0.1, 0.15) is 64.4 Å². The Morgan fingerprint density at radius 3 is 2.21 bits per heavy atom. The fourth-order valence-corrected chi connectivity index (χ4v) is 5.07. The maximum Gasteiger partial charge on any atom is 0.376 e. The van der Waals surface area contributed by atoms with Crippen LogP contribution in [0.5, 0.6) is 17.2 Å². The minimum atomic E-state index is -0.843. The smallest absolute Gasteiger partial charge is 0.376 e. The number of methoxy groups -OCH3 is 3. The Morgan fingerprint density at radius 1 is 0.904 bits per heavy atom. The van der Waals surface area contributed by atoms with Crippen molar-refractivity contribution in [2.24, 2.45) is 0 Å². The Kier molecular flexibility index (Phi) is 13.3. The van der Waals surface area contributed by atoms with Gasteiger partial charge in [0.05, 0.1) is 33.6 Å². The van der Waals surface area contributed by atoms with E-state index in [1.54, 1.807) is 65.4 Å². The van der Waals surface area contributed by atoms with E-state index in [1.807, 2.05) is 19.1 Å². The molecule has 15 heteroatoms. The number of ether oxygens (including phenoxy) is 5. The number of nitrogens with one attached hydrogen (secondary N) is 5. The van der Waals surface area contributed by atoms with E-state index in [0.29, 0.717) is 35.0 Å². The van der Waals surface area contributed by atoms with Crippen molar-refractivity contribution in [2.75, 3.05) is 46.8 Å². The third kappa shape index (κ3) is 8.85. The van der Waals surface area contributed by atoms with Gasteiger partial charge in [-0.1, -0.05) is 12.1 Å². The monoisotopic (exact) mass is 713 g/mol. The lowest BCUT2D eigenvalue weighted by atomic mass is 10.1.